The molecule has 24 atom stereocenters. The maximum absolute atomic E-state index is 12.4. The van der Waals surface area contributed by atoms with E-state index in [-0.39, 0.29) is 126 Å². The molecular formula is C66H78O23. The predicted octanol–water partition coefficient (Wildman–Crippen LogP) is 5.40. The summed E-state index contributed by atoms with van der Waals surface area (Å²) in [6, 6.07) is 0. The molecule has 14 fully saturated rings. The molecule has 10 bridgehead atoms. The van der Waals surface area contributed by atoms with Gasteiger partial charge in [0.15, 0.2) is 0 Å². The first kappa shape index (κ1) is 63.1. The second kappa shape index (κ2) is 26.6. The van der Waals surface area contributed by atoms with Crippen LogP contribution in [-0.2, 0) is 110 Å². The molecule has 0 amide bonds. The van der Waals surface area contributed by atoms with Crippen molar-refractivity contribution in [2.24, 2.45) is 88.8 Å². The van der Waals surface area contributed by atoms with Gasteiger partial charge in [0.05, 0.1) is 56.0 Å². The third-order valence-electron chi connectivity index (χ3n) is 20.6. The number of allylic oxidation sites excluding steroid dienone is 4. The number of esters is 11. The fraction of sp³-hybridized carbons (Fsp3) is 0.652. The minimum Gasteiger partial charge on any atom is -0.463 e. The second-order valence-corrected chi connectivity index (χ2v) is 26.3. The van der Waals surface area contributed by atoms with Crippen molar-refractivity contribution in [3.05, 3.63) is 73.9 Å². The third-order valence-corrected chi connectivity index (χ3v) is 20.6. The summed E-state index contributed by atoms with van der Waals surface area (Å²) in [6.07, 6.45) is 19.4. The lowest BCUT2D eigenvalue weighted by Gasteiger charge is -2.27. The highest BCUT2D eigenvalue weighted by Crippen LogP contribution is 2.58. The van der Waals surface area contributed by atoms with E-state index < -0.39 is 36.1 Å². The van der Waals surface area contributed by atoms with E-state index in [1.54, 1.807) is 13.8 Å². The summed E-state index contributed by atoms with van der Waals surface area (Å²) < 4.78 is 61.6. The molecule has 0 spiro atoms. The van der Waals surface area contributed by atoms with Gasteiger partial charge in [0, 0.05) is 78.1 Å². The van der Waals surface area contributed by atoms with Crippen LogP contribution in [0.15, 0.2) is 73.9 Å². The Balaban J connectivity index is 0.000000112. The van der Waals surface area contributed by atoms with E-state index in [1.807, 2.05) is 0 Å². The lowest BCUT2D eigenvalue weighted by atomic mass is 9.87. The topological polar surface area (TPSA) is 299 Å². The Labute approximate surface area is 514 Å². The first-order valence-electron chi connectivity index (χ1n) is 31.4. The highest BCUT2D eigenvalue weighted by molar-refractivity contribution is 5.88. The smallest absolute Gasteiger partial charge is 0.347 e. The normalized spacial score (nSPS) is 40.4. The molecule has 0 radical (unpaired) electrons. The van der Waals surface area contributed by atoms with Crippen LogP contribution >= 0.6 is 0 Å². The van der Waals surface area contributed by atoms with Gasteiger partial charge in [0.1, 0.15) is 42.7 Å². The minimum absolute atomic E-state index is 0.0385. The summed E-state index contributed by atoms with van der Waals surface area (Å²) in [5.74, 6) is 0.735. The van der Waals surface area contributed by atoms with Crippen molar-refractivity contribution in [3.8, 4) is 0 Å². The van der Waals surface area contributed by atoms with Crippen LogP contribution in [0.4, 0.5) is 0 Å². The van der Waals surface area contributed by atoms with Crippen molar-refractivity contribution in [2.45, 2.75) is 152 Å². The zero-order valence-electron chi connectivity index (χ0n) is 50.1. The highest BCUT2D eigenvalue weighted by atomic mass is 16.6. The summed E-state index contributed by atoms with van der Waals surface area (Å²) in [5, 5.41) is 0. The summed E-state index contributed by atoms with van der Waals surface area (Å²) in [4.78, 5) is 125. The van der Waals surface area contributed by atoms with Gasteiger partial charge in [-0.2, -0.15) is 0 Å². The quantitative estimate of drug-likeness (QED) is 0.102. The van der Waals surface area contributed by atoms with E-state index in [2.05, 4.69) is 60.1 Å². The molecule has 6 saturated heterocycles. The van der Waals surface area contributed by atoms with Gasteiger partial charge in [-0.25, -0.2) is 28.8 Å². The Morgan fingerprint density at radius 3 is 1.26 bits per heavy atom. The average molecular weight is 1240 g/mol. The molecular weight excluding hydrogens is 1160 g/mol. The number of carbonyl (C=O) groups excluding carboxylic acids is 11. The van der Waals surface area contributed by atoms with Gasteiger partial charge >= 0.3 is 65.7 Å². The Hall–Kier alpha value is -7.43. The molecule has 6 heterocycles. The predicted molar refractivity (Wildman–Crippen MR) is 302 cm³/mol. The van der Waals surface area contributed by atoms with Gasteiger partial charge in [-0.05, 0) is 102 Å². The average Bonchev–Trinajstić information content (AvgIpc) is 1.61. The van der Waals surface area contributed by atoms with Gasteiger partial charge in [0.2, 0.25) is 12.2 Å². The molecule has 0 N–H and O–H groups in total. The van der Waals surface area contributed by atoms with E-state index in [0.29, 0.717) is 97.8 Å². The molecule has 480 valence electrons. The van der Waals surface area contributed by atoms with Gasteiger partial charge in [-0.15, -0.1) is 0 Å². The molecule has 24 unspecified atom stereocenters. The summed E-state index contributed by atoms with van der Waals surface area (Å²) in [7, 11) is 0. The van der Waals surface area contributed by atoms with Crippen LogP contribution in [0.2, 0.25) is 0 Å². The zero-order valence-corrected chi connectivity index (χ0v) is 50.1. The van der Waals surface area contributed by atoms with Gasteiger partial charge in [-0.3, -0.25) is 24.0 Å². The van der Waals surface area contributed by atoms with Crippen molar-refractivity contribution in [1.29, 1.82) is 0 Å². The minimum atomic E-state index is -0.722. The molecule has 23 nitrogen and oxygen atoms in total. The Morgan fingerprint density at radius 1 is 0.461 bits per heavy atom. The summed E-state index contributed by atoms with van der Waals surface area (Å²) in [5.41, 5.74) is 0.834. The van der Waals surface area contributed by atoms with Crippen molar-refractivity contribution < 1.29 is 110 Å². The molecule has 8 saturated carbocycles. The maximum atomic E-state index is 12.4. The van der Waals surface area contributed by atoms with E-state index >= 15 is 0 Å². The monoisotopic (exact) mass is 1240 g/mol. The number of ether oxygens (including phenoxy) is 12. The number of rotatable bonds is 12. The first-order valence-corrected chi connectivity index (χ1v) is 31.4. The lowest BCUT2D eigenvalue weighted by molar-refractivity contribution is -0.166. The maximum Gasteiger partial charge on any atom is 0.347 e. The van der Waals surface area contributed by atoms with Crippen molar-refractivity contribution in [3.63, 3.8) is 0 Å². The molecule has 16 aliphatic rings. The highest BCUT2D eigenvalue weighted by Gasteiger charge is 2.66. The SMILES string of the molecule is C=C(C)C(=O)OC1C2CC3C(=O)OC1C3C2.C=C(C)C(=O)OC1CCOC1.C=CC(=O)OC1C2CC3C(=O)OC1C3C2.C=CC(=O)OC1CCOC1=O.O=C(OC1C2CC3C(=O)OC1C3C2)C1CC2C=CC1C2.O=C1OCCC1OC(=O)C1CC2C=CC1C2. The van der Waals surface area contributed by atoms with Gasteiger partial charge in [0.25, 0.3) is 0 Å². The number of carbonyl (C=O) groups is 11. The molecule has 6 aliphatic heterocycles. The molecule has 0 aromatic rings. The van der Waals surface area contributed by atoms with Crippen LogP contribution in [-0.4, -0.2) is 147 Å². The number of hydrogen-bond acceptors (Lipinski definition) is 23. The van der Waals surface area contributed by atoms with E-state index in [9.17, 15) is 52.7 Å². The van der Waals surface area contributed by atoms with Crippen LogP contribution in [0.1, 0.15) is 97.3 Å². The van der Waals surface area contributed by atoms with Gasteiger partial charge in [-0.1, -0.05) is 50.6 Å². The number of hydrogen-bond donors (Lipinski definition) is 0. The standard InChI is InChI=1S/C16H18O4.2C12H14O4.C11H12O4.C8H12O3.C7H8O4/c17-15(10-4-7-1-2-8(10)3-7)19-13-9-5-11-12(6-9)16(18)20-14(11)13;1-5(2)11(13)15-9-6-3-7-8(4-6)12(14)16-10(7)9;13-11(16-10-3-4-15-12(10)14)9-6-7-1-2-8(9)5-7;1-2-8(12)14-9-5-3-6-7(4-5)11(13)15-10(6)9;1-6(2)8(9)11-7-3-4-10-5-7;1-2-6(8)11-5-3-4-10-7(5)9/h1-2,7-14H,3-6H2;6-10H,1,3-4H2,2H3;1-2,7-10H,3-6H2;2,5-7,9-10H,1,3-4H2;7H,1,3-5H2,2H3;2,5H,1,3-4H2. The Bertz CT molecular complexity index is 2970. The zero-order chi connectivity index (χ0) is 63.1. The first-order chi connectivity index (χ1) is 42.7. The summed E-state index contributed by atoms with van der Waals surface area (Å²) in [6.45, 7) is 18.8. The van der Waals surface area contributed by atoms with E-state index in [1.165, 1.54) is 0 Å². The Morgan fingerprint density at radius 2 is 0.876 bits per heavy atom. The largest absolute Gasteiger partial charge is 0.463 e. The van der Waals surface area contributed by atoms with Crippen molar-refractivity contribution in [1.82, 2.24) is 0 Å². The van der Waals surface area contributed by atoms with Crippen LogP contribution < -0.4 is 0 Å². The van der Waals surface area contributed by atoms with E-state index in [0.717, 1.165) is 82.8 Å². The molecule has 0 aromatic heterocycles. The molecule has 10 aliphatic carbocycles. The third kappa shape index (κ3) is 13.3. The molecule has 89 heavy (non-hydrogen) atoms. The molecule has 16 rings (SSSR count). The number of fused-ring (bicyclic) bond motifs is 7. The molecule has 0 aromatic carbocycles. The fourth-order valence-electron chi connectivity index (χ4n) is 16.4. The van der Waals surface area contributed by atoms with Gasteiger partial charge < -0.3 is 56.8 Å². The van der Waals surface area contributed by atoms with E-state index in [4.69, 9.17) is 47.4 Å². The fourth-order valence-corrected chi connectivity index (χ4v) is 16.4. The Kier molecular flexibility index (Phi) is 18.9. The molecule has 23 heteroatoms. The summed E-state index contributed by atoms with van der Waals surface area (Å²) >= 11 is 0. The number of cyclic esters (lactones) is 2. The van der Waals surface area contributed by atoms with Crippen molar-refractivity contribution in [2.75, 3.05) is 26.4 Å². The van der Waals surface area contributed by atoms with Crippen LogP contribution in [0.3, 0.4) is 0 Å². The van der Waals surface area contributed by atoms with Crippen molar-refractivity contribution >= 4 is 65.7 Å². The van der Waals surface area contributed by atoms with Crippen LogP contribution in [0.25, 0.3) is 0 Å². The second-order valence-electron chi connectivity index (χ2n) is 26.3. The van der Waals surface area contributed by atoms with Crippen LogP contribution in [0.5, 0.6) is 0 Å². The van der Waals surface area contributed by atoms with Crippen LogP contribution in [0, 0.1) is 88.8 Å². The lowest BCUT2D eigenvalue weighted by Crippen LogP contribution is -2.38.